The van der Waals surface area contributed by atoms with Crippen molar-refractivity contribution in [2.75, 3.05) is 0 Å². The van der Waals surface area contributed by atoms with Gasteiger partial charge in [0.2, 0.25) is 0 Å². The first-order valence-corrected chi connectivity index (χ1v) is 22.3. The van der Waals surface area contributed by atoms with Crippen LogP contribution in [0.2, 0.25) is 0 Å². The average Bonchev–Trinajstić information content (AvgIpc) is 3.92. The van der Waals surface area contributed by atoms with Crippen molar-refractivity contribution in [1.82, 2.24) is 0 Å². The zero-order valence-electron chi connectivity index (χ0n) is 36.8. The fourth-order valence-electron chi connectivity index (χ4n) is 8.06. The summed E-state index contributed by atoms with van der Waals surface area (Å²) in [4.78, 5) is 0. The van der Waals surface area contributed by atoms with Gasteiger partial charge in [-0.2, -0.15) is 6.08 Å². The summed E-state index contributed by atoms with van der Waals surface area (Å²) < 4.78 is 1.60. The first kappa shape index (κ1) is 48.7. The molecule has 0 radical (unpaired) electrons. The van der Waals surface area contributed by atoms with E-state index >= 15 is 0 Å². The van der Waals surface area contributed by atoms with Gasteiger partial charge in [0.25, 0.3) is 0 Å². The van der Waals surface area contributed by atoms with Crippen LogP contribution in [0.25, 0.3) is 43.8 Å². The Kier molecular flexibility index (Phi) is 18.0. The molecule has 0 aliphatic heterocycles. The summed E-state index contributed by atoms with van der Waals surface area (Å²) >= 11 is 1.55. The van der Waals surface area contributed by atoms with E-state index in [-0.39, 0.29) is 35.6 Å². The summed E-state index contributed by atoms with van der Waals surface area (Å²) in [7, 11) is 0. The van der Waals surface area contributed by atoms with Crippen LogP contribution in [-0.4, -0.2) is 3.21 Å². The second-order valence-electron chi connectivity index (χ2n) is 17.6. The molecule has 7 aromatic rings. The average molecular weight is 907 g/mol. The van der Waals surface area contributed by atoms with E-state index in [1.807, 2.05) is 12.2 Å². The standard InChI is InChI=1S/C37H41.C15H14.C5H5.2ClH.Zr/c1-9-24-15-11-13-17-28(24)32-20-26-19-27-21-33(29-18-14-12-16-25(29)10-2)35(37(6,7)8)23-31(27)30(26)22-34(32)36(3,4)5;1-3-8-14(9-4-1)12-7-13-15-10-5-2-6-11-15;1-2-4-5-3-1;;;/h11-23H,9-10H2,1-8H3;1-6,8-11H,12-13H2;1-3H,4H2;2*1H;/q-1;;-1;;;+2/p-2. The van der Waals surface area contributed by atoms with Gasteiger partial charge in [-0.3, -0.25) is 6.08 Å². The third-order valence-electron chi connectivity index (χ3n) is 11.1. The zero-order chi connectivity index (χ0) is 41.3. The van der Waals surface area contributed by atoms with Crippen molar-refractivity contribution in [2.24, 2.45) is 0 Å². The third kappa shape index (κ3) is 12.3. The molecule has 0 saturated carbocycles. The van der Waals surface area contributed by atoms with E-state index in [9.17, 15) is 0 Å². The molecule has 8 rings (SSSR count). The van der Waals surface area contributed by atoms with Gasteiger partial charge in [0.15, 0.2) is 0 Å². The molecule has 0 nitrogen and oxygen atoms in total. The topological polar surface area (TPSA) is 0 Å². The van der Waals surface area contributed by atoms with Crippen LogP contribution in [0.15, 0.2) is 158 Å². The number of benzene rings is 6. The minimum atomic E-state index is 0. The maximum absolute atomic E-state index is 2.99. The van der Waals surface area contributed by atoms with E-state index in [0.717, 1.165) is 32.1 Å². The molecule has 0 aromatic heterocycles. The van der Waals surface area contributed by atoms with Crippen molar-refractivity contribution >= 4 is 24.8 Å². The summed E-state index contributed by atoms with van der Waals surface area (Å²) in [5, 5.41) is 5.42. The molecule has 7 aromatic carbocycles. The van der Waals surface area contributed by atoms with Crippen LogP contribution in [-0.2, 0) is 60.7 Å². The zero-order valence-corrected chi connectivity index (χ0v) is 40.8. The second-order valence-corrected chi connectivity index (χ2v) is 19.3. The monoisotopic (exact) mass is 904 g/mol. The Balaban J connectivity index is 0.000000285. The molecule has 1 aliphatic carbocycles. The molecule has 0 heterocycles. The van der Waals surface area contributed by atoms with E-state index in [2.05, 4.69) is 207 Å². The Hall–Kier alpha value is -4.00. The van der Waals surface area contributed by atoms with Gasteiger partial charge in [0, 0.05) is 0 Å². The molecule has 0 bridgehead atoms. The van der Waals surface area contributed by atoms with Crippen LogP contribution in [0, 0.1) is 6.08 Å². The minimum absolute atomic E-state index is 0. The molecule has 0 unspecified atom stereocenters. The van der Waals surface area contributed by atoms with Crippen molar-refractivity contribution in [3.8, 4) is 22.3 Å². The third-order valence-corrected chi connectivity index (χ3v) is 11.9. The van der Waals surface area contributed by atoms with Gasteiger partial charge < -0.3 is 24.8 Å². The molecular formula is C57H60Cl2Zr-2. The van der Waals surface area contributed by atoms with E-state index in [0.29, 0.717) is 0 Å². The molecule has 1 aliphatic rings. The predicted molar refractivity (Wildman–Crippen MR) is 251 cm³/mol. The first-order chi connectivity index (χ1) is 27.9. The van der Waals surface area contributed by atoms with Crippen LogP contribution in [0.1, 0.15) is 95.2 Å². The van der Waals surface area contributed by atoms with Crippen LogP contribution in [0.4, 0.5) is 0 Å². The van der Waals surface area contributed by atoms with Crippen LogP contribution in [0.3, 0.4) is 0 Å². The Morgan fingerprint density at radius 3 is 1.28 bits per heavy atom. The van der Waals surface area contributed by atoms with Crippen molar-refractivity contribution in [1.29, 1.82) is 0 Å². The number of hydrogen-bond acceptors (Lipinski definition) is 0. The predicted octanol–water partition coefficient (Wildman–Crippen LogP) is 9.27. The number of halogens is 2. The quantitative estimate of drug-likeness (QED) is 0.134. The first-order valence-electron chi connectivity index (χ1n) is 21.1. The van der Waals surface area contributed by atoms with Crippen LogP contribution >= 0.6 is 0 Å². The number of fused-ring (bicyclic) bond motifs is 3. The van der Waals surface area contributed by atoms with Crippen molar-refractivity contribution < 1.29 is 49.0 Å². The van der Waals surface area contributed by atoms with Crippen LogP contribution in [0.5, 0.6) is 0 Å². The molecule has 60 heavy (non-hydrogen) atoms. The van der Waals surface area contributed by atoms with Gasteiger partial charge in [-0.1, -0.05) is 116 Å². The summed E-state index contributed by atoms with van der Waals surface area (Å²) in [6.07, 6.45) is 14.3. The molecule has 0 N–H and O–H groups in total. The normalized spacial score (nSPS) is 11.9. The Morgan fingerprint density at radius 2 is 0.950 bits per heavy atom. The molecule has 0 atom stereocenters. The Bertz CT molecular complexity index is 2350. The Labute approximate surface area is 388 Å². The molecule has 0 amide bonds. The van der Waals surface area contributed by atoms with Gasteiger partial charge in [-0.25, -0.2) is 12.2 Å². The van der Waals surface area contributed by atoms with E-state index in [4.69, 9.17) is 0 Å². The van der Waals surface area contributed by atoms with Gasteiger partial charge in [-0.05, 0) is 68.2 Å². The number of allylic oxidation sites excluding steroid dienone is 4. The van der Waals surface area contributed by atoms with Gasteiger partial charge in [-0.15, -0.1) is 46.2 Å². The molecular weight excluding hydrogens is 847 g/mol. The molecule has 3 heteroatoms. The van der Waals surface area contributed by atoms with Crippen molar-refractivity contribution in [2.45, 2.75) is 98.3 Å². The van der Waals surface area contributed by atoms with E-state index < -0.39 is 0 Å². The van der Waals surface area contributed by atoms with Crippen molar-refractivity contribution in [3.63, 3.8) is 0 Å². The molecule has 308 valence electrons. The fraction of sp³-hybridized carbons (Fsp3) is 0.263. The number of rotatable bonds is 8. The second kappa shape index (κ2) is 22.2. The summed E-state index contributed by atoms with van der Waals surface area (Å²) in [5.41, 5.74) is 14.1. The summed E-state index contributed by atoms with van der Waals surface area (Å²) in [5.74, 6) is 0. The van der Waals surface area contributed by atoms with E-state index in [1.54, 1.807) is 27.4 Å². The maximum atomic E-state index is 2.99. The fourth-order valence-corrected chi connectivity index (χ4v) is 9.07. The van der Waals surface area contributed by atoms with E-state index in [1.165, 1.54) is 77.2 Å². The van der Waals surface area contributed by atoms with Crippen LogP contribution < -0.4 is 24.8 Å². The SMILES string of the molecule is CCc1ccccc1-c1cc2[cH-]c3cc(-c4ccccc4CC)c(C(C)(C)C)cc3c2cc1C(C)(C)C.[C-]1=CC=CC1.[Cl-].[Cl-].[Zr+2]=[C](Cc1ccccc1)Cc1ccccc1. The van der Waals surface area contributed by atoms with Gasteiger partial charge in [0.1, 0.15) is 0 Å². The number of aryl methyl sites for hydroxylation is 2. The Morgan fingerprint density at radius 1 is 0.550 bits per heavy atom. The molecule has 0 fully saturated rings. The van der Waals surface area contributed by atoms with Gasteiger partial charge >= 0.3 is 112 Å². The molecule has 0 spiro atoms. The van der Waals surface area contributed by atoms with Crippen molar-refractivity contribution in [3.05, 3.63) is 197 Å². The van der Waals surface area contributed by atoms with Gasteiger partial charge in [0.05, 0.1) is 0 Å². The summed E-state index contributed by atoms with van der Waals surface area (Å²) in [6, 6.07) is 51.6. The summed E-state index contributed by atoms with van der Waals surface area (Å²) in [6.45, 7) is 18.6. The molecule has 0 saturated heterocycles. The number of hydrogen-bond donors (Lipinski definition) is 0.